The van der Waals surface area contributed by atoms with Gasteiger partial charge < -0.3 is 9.73 Å². The van der Waals surface area contributed by atoms with Gasteiger partial charge >= 0.3 is 0 Å². The molecule has 0 aliphatic heterocycles. The van der Waals surface area contributed by atoms with Crippen LogP contribution in [0.15, 0.2) is 29.0 Å². The van der Waals surface area contributed by atoms with Crippen LogP contribution >= 0.6 is 0 Å². The van der Waals surface area contributed by atoms with Crippen molar-refractivity contribution >= 4 is 11.1 Å². The molecule has 0 aliphatic carbocycles. The third-order valence-electron chi connectivity index (χ3n) is 3.06. The Hall–Kier alpha value is -1.86. The van der Waals surface area contributed by atoms with E-state index in [0.717, 1.165) is 23.2 Å². The van der Waals surface area contributed by atoms with E-state index in [4.69, 9.17) is 9.68 Å². The number of aromatic nitrogens is 1. The van der Waals surface area contributed by atoms with Gasteiger partial charge in [-0.15, -0.1) is 0 Å². The lowest BCUT2D eigenvalue weighted by Gasteiger charge is -2.13. The van der Waals surface area contributed by atoms with Crippen LogP contribution in [0.2, 0.25) is 0 Å². The van der Waals surface area contributed by atoms with Crippen molar-refractivity contribution in [3.8, 4) is 6.07 Å². The maximum Gasteiger partial charge on any atom is 0.181 e. The average Bonchev–Trinajstić information content (AvgIpc) is 2.81. The maximum absolute atomic E-state index is 8.99. The summed E-state index contributed by atoms with van der Waals surface area (Å²) in [6, 6.07) is 8.27. The van der Waals surface area contributed by atoms with Crippen molar-refractivity contribution in [3.63, 3.8) is 0 Å². The van der Waals surface area contributed by atoms with Gasteiger partial charge in [0.1, 0.15) is 5.52 Å². The summed E-state index contributed by atoms with van der Waals surface area (Å²) in [5, 5.41) is 12.3. The van der Waals surface area contributed by atoms with Gasteiger partial charge in [0.25, 0.3) is 0 Å². The van der Waals surface area contributed by atoms with E-state index in [0.29, 0.717) is 12.5 Å². The van der Waals surface area contributed by atoms with Gasteiger partial charge in [0.05, 0.1) is 12.0 Å². The lowest BCUT2D eigenvalue weighted by Crippen LogP contribution is -2.24. The molecule has 1 N–H and O–H groups in total. The number of benzene rings is 1. The first-order valence-electron chi connectivity index (χ1n) is 6.13. The zero-order chi connectivity index (χ0) is 13.0. The highest BCUT2D eigenvalue weighted by atomic mass is 16.3. The molecule has 0 radical (unpaired) electrons. The molecule has 0 saturated carbocycles. The van der Waals surface area contributed by atoms with Crippen LogP contribution in [0.4, 0.5) is 0 Å². The van der Waals surface area contributed by atoms with E-state index in [-0.39, 0.29) is 5.92 Å². The van der Waals surface area contributed by atoms with E-state index in [2.05, 4.69) is 30.2 Å². The zero-order valence-corrected chi connectivity index (χ0v) is 10.7. The fourth-order valence-electron chi connectivity index (χ4n) is 1.81. The van der Waals surface area contributed by atoms with Crippen LogP contribution in [0.1, 0.15) is 19.4 Å². The summed E-state index contributed by atoms with van der Waals surface area (Å²) >= 11 is 0. The Morgan fingerprint density at radius 2 is 2.28 bits per heavy atom. The van der Waals surface area contributed by atoms with Crippen molar-refractivity contribution in [3.05, 3.63) is 30.2 Å². The second-order valence-electron chi connectivity index (χ2n) is 4.76. The fraction of sp³-hybridized carbons (Fsp3) is 0.429. The van der Waals surface area contributed by atoms with E-state index in [1.54, 1.807) is 0 Å². The molecule has 0 aliphatic rings. The summed E-state index contributed by atoms with van der Waals surface area (Å²) in [6.45, 7) is 5.58. The largest absolute Gasteiger partial charge is 0.443 e. The molecule has 0 spiro atoms. The van der Waals surface area contributed by atoms with Gasteiger partial charge in [-0.05, 0) is 23.6 Å². The minimum atomic E-state index is 0.0546. The van der Waals surface area contributed by atoms with E-state index in [1.165, 1.54) is 6.39 Å². The lowest BCUT2D eigenvalue weighted by molar-refractivity contribution is 0.442. The predicted octanol–water partition coefficient (Wildman–Crippen LogP) is 2.71. The van der Waals surface area contributed by atoms with E-state index in [9.17, 15) is 0 Å². The summed E-state index contributed by atoms with van der Waals surface area (Å²) < 4.78 is 5.25. The molecule has 0 bridgehead atoms. The highest BCUT2D eigenvalue weighted by Gasteiger charge is 2.11. The Morgan fingerprint density at radius 3 is 3.00 bits per heavy atom. The molecule has 0 saturated heterocycles. The molecule has 1 unspecified atom stereocenters. The number of oxazole rings is 1. The van der Waals surface area contributed by atoms with E-state index < -0.39 is 0 Å². The Bertz CT molecular complexity index is 553. The SMILES string of the molecule is CC(C)C(C#N)CNCc1ccc2ncoc2c1. The number of nitriles is 1. The second-order valence-corrected chi connectivity index (χ2v) is 4.76. The van der Waals surface area contributed by atoms with Crippen LogP contribution in [0.5, 0.6) is 0 Å². The van der Waals surface area contributed by atoms with Crippen molar-refractivity contribution < 1.29 is 4.42 Å². The van der Waals surface area contributed by atoms with Gasteiger partial charge in [-0.25, -0.2) is 4.98 Å². The topological polar surface area (TPSA) is 61.9 Å². The summed E-state index contributed by atoms with van der Waals surface area (Å²) in [4.78, 5) is 4.07. The normalized spacial score (nSPS) is 12.8. The Morgan fingerprint density at radius 1 is 1.44 bits per heavy atom. The molecule has 1 aromatic carbocycles. The molecular formula is C14H17N3O. The van der Waals surface area contributed by atoms with Crippen LogP contribution in [-0.4, -0.2) is 11.5 Å². The smallest absolute Gasteiger partial charge is 0.181 e. The first-order chi connectivity index (χ1) is 8.70. The van der Waals surface area contributed by atoms with Crippen LogP contribution in [-0.2, 0) is 6.54 Å². The summed E-state index contributed by atoms with van der Waals surface area (Å²) in [7, 11) is 0. The van der Waals surface area contributed by atoms with Gasteiger partial charge in [-0.1, -0.05) is 19.9 Å². The first kappa shape index (κ1) is 12.6. The van der Waals surface area contributed by atoms with Gasteiger partial charge in [0, 0.05) is 13.1 Å². The second kappa shape index (κ2) is 5.65. The summed E-state index contributed by atoms with van der Waals surface area (Å²) in [6.07, 6.45) is 1.45. The highest BCUT2D eigenvalue weighted by molar-refractivity contribution is 5.72. The van der Waals surface area contributed by atoms with Crippen molar-refractivity contribution in [2.24, 2.45) is 11.8 Å². The maximum atomic E-state index is 8.99. The van der Waals surface area contributed by atoms with Crippen molar-refractivity contribution in [1.29, 1.82) is 5.26 Å². The number of hydrogen-bond acceptors (Lipinski definition) is 4. The molecule has 4 heteroatoms. The fourth-order valence-corrected chi connectivity index (χ4v) is 1.81. The van der Waals surface area contributed by atoms with Crippen LogP contribution < -0.4 is 5.32 Å². The molecule has 1 heterocycles. The minimum absolute atomic E-state index is 0.0546. The number of fused-ring (bicyclic) bond motifs is 1. The first-order valence-corrected chi connectivity index (χ1v) is 6.13. The van der Waals surface area contributed by atoms with Crippen molar-refractivity contribution in [2.75, 3.05) is 6.54 Å². The van der Waals surface area contributed by atoms with Gasteiger partial charge in [0.2, 0.25) is 0 Å². The minimum Gasteiger partial charge on any atom is -0.443 e. The third-order valence-corrected chi connectivity index (χ3v) is 3.06. The predicted molar refractivity (Wildman–Crippen MR) is 69.7 cm³/mol. The van der Waals surface area contributed by atoms with Crippen LogP contribution in [0, 0.1) is 23.2 Å². The lowest BCUT2D eigenvalue weighted by atomic mass is 9.97. The monoisotopic (exact) mass is 243 g/mol. The number of hydrogen-bond donors (Lipinski definition) is 1. The van der Waals surface area contributed by atoms with E-state index >= 15 is 0 Å². The molecule has 0 fully saturated rings. The Labute approximate surface area is 107 Å². The molecule has 1 aromatic heterocycles. The zero-order valence-electron chi connectivity index (χ0n) is 10.7. The standard InChI is InChI=1S/C14H17N3O/c1-10(2)12(6-15)8-16-7-11-3-4-13-14(5-11)18-9-17-13/h3-5,9-10,12,16H,7-8H2,1-2H3. The Balaban J connectivity index is 1.92. The quantitative estimate of drug-likeness (QED) is 0.877. The molecule has 4 nitrogen and oxygen atoms in total. The number of nitrogens with zero attached hydrogens (tertiary/aromatic N) is 2. The van der Waals surface area contributed by atoms with E-state index in [1.807, 2.05) is 18.2 Å². The van der Waals surface area contributed by atoms with Crippen LogP contribution in [0.3, 0.4) is 0 Å². The molecule has 2 rings (SSSR count). The molecule has 0 amide bonds. The summed E-state index contributed by atoms with van der Waals surface area (Å²) in [5.74, 6) is 0.429. The molecule has 94 valence electrons. The molecule has 1 atom stereocenters. The molecular weight excluding hydrogens is 226 g/mol. The van der Waals surface area contributed by atoms with Gasteiger partial charge in [-0.2, -0.15) is 5.26 Å². The van der Waals surface area contributed by atoms with Gasteiger partial charge in [-0.3, -0.25) is 0 Å². The number of rotatable bonds is 5. The van der Waals surface area contributed by atoms with Crippen molar-refractivity contribution in [2.45, 2.75) is 20.4 Å². The summed E-state index contributed by atoms with van der Waals surface area (Å²) in [5.41, 5.74) is 2.81. The molecule has 2 aromatic rings. The highest BCUT2D eigenvalue weighted by Crippen LogP contribution is 2.14. The van der Waals surface area contributed by atoms with Crippen molar-refractivity contribution in [1.82, 2.24) is 10.3 Å². The van der Waals surface area contributed by atoms with Gasteiger partial charge in [0.15, 0.2) is 12.0 Å². The number of nitrogens with one attached hydrogen (secondary N) is 1. The average molecular weight is 243 g/mol. The molecule has 18 heavy (non-hydrogen) atoms. The Kier molecular flexibility index (Phi) is 3.96. The third kappa shape index (κ3) is 2.88. The van der Waals surface area contributed by atoms with Crippen LogP contribution in [0.25, 0.3) is 11.1 Å².